The molecule has 0 unspecified atom stereocenters. The molecule has 21 heavy (non-hydrogen) atoms. The van der Waals surface area contributed by atoms with Gasteiger partial charge in [-0.2, -0.15) is 0 Å². The number of hydroxylamine groups is 1. The number of benzene rings is 2. The summed E-state index contributed by atoms with van der Waals surface area (Å²) in [6.07, 6.45) is 2.90. The Labute approximate surface area is 128 Å². The SMILES string of the molecule is O=C(/C=C/c1ccc(NSCc2ccccc2)cc1)NO. The predicted octanol–water partition coefficient (Wildman–Crippen LogP) is 3.47. The van der Waals surface area contributed by atoms with Crippen LogP contribution in [0, 0.1) is 0 Å². The summed E-state index contributed by atoms with van der Waals surface area (Å²) in [5.74, 6) is 0.342. The van der Waals surface area contributed by atoms with Crippen molar-refractivity contribution >= 4 is 29.6 Å². The maximum absolute atomic E-state index is 10.9. The molecule has 3 N–H and O–H groups in total. The molecule has 0 fully saturated rings. The largest absolute Gasteiger partial charge is 0.329 e. The molecule has 0 aliphatic rings. The maximum atomic E-state index is 10.9. The van der Waals surface area contributed by atoms with E-state index in [9.17, 15) is 4.79 Å². The first kappa shape index (κ1) is 15.2. The molecule has 1 amide bonds. The first-order valence-corrected chi connectivity index (χ1v) is 7.40. The van der Waals surface area contributed by atoms with Crippen molar-refractivity contribution in [3.63, 3.8) is 0 Å². The molecule has 0 saturated heterocycles. The molecular formula is C16H16N2O2S. The molecule has 0 heterocycles. The van der Waals surface area contributed by atoms with Crippen LogP contribution in [-0.2, 0) is 10.5 Å². The topological polar surface area (TPSA) is 61.4 Å². The molecular weight excluding hydrogens is 284 g/mol. The van der Waals surface area contributed by atoms with E-state index in [0.29, 0.717) is 0 Å². The van der Waals surface area contributed by atoms with Gasteiger partial charge in [-0.25, -0.2) is 5.48 Å². The van der Waals surface area contributed by atoms with Crippen LogP contribution in [0.15, 0.2) is 60.7 Å². The minimum atomic E-state index is -0.546. The van der Waals surface area contributed by atoms with Gasteiger partial charge in [-0.05, 0) is 41.3 Å². The third-order valence-electron chi connectivity index (χ3n) is 2.72. The zero-order chi connectivity index (χ0) is 14.9. The van der Waals surface area contributed by atoms with Gasteiger partial charge in [0.05, 0.1) is 0 Å². The van der Waals surface area contributed by atoms with Gasteiger partial charge < -0.3 is 4.72 Å². The number of rotatable bonds is 6. The van der Waals surface area contributed by atoms with Crippen LogP contribution >= 0.6 is 11.9 Å². The summed E-state index contributed by atoms with van der Waals surface area (Å²) in [4.78, 5) is 10.9. The highest BCUT2D eigenvalue weighted by Crippen LogP contribution is 2.17. The monoisotopic (exact) mass is 300 g/mol. The second-order valence-electron chi connectivity index (χ2n) is 4.31. The van der Waals surface area contributed by atoms with Gasteiger partial charge in [0.2, 0.25) is 0 Å². The van der Waals surface area contributed by atoms with E-state index in [1.54, 1.807) is 23.5 Å². The van der Waals surface area contributed by atoms with Crippen LogP contribution in [0.5, 0.6) is 0 Å². The van der Waals surface area contributed by atoms with Gasteiger partial charge >= 0.3 is 0 Å². The van der Waals surface area contributed by atoms with E-state index in [0.717, 1.165) is 17.0 Å². The number of hydrogen-bond donors (Lipinski definition) is 3. The first-order chi connectivity index (χ1) is 10.3. The molecule has 0 spiro atoms. The normalized spacial score (nSPS) is 10.5. The fraction of sp³-hybridized carbons (Fsp3) is 0.0625. The maximum Gasteiger partial charge on any atom is 0.267 e. The number of anilines is 1. The second-order valence-corrected chi connectivity index (χ2v) is 5.09. The Bertz CT molecular complexity index is 597. The zero-order valence-electron chi connectivity index (χ0n) is 11.3. The average molecular weight is 300 g/mol. The van der Waals surface area contributed by atoms with Crippen LogP contribution < -0.4 is 10.2 Å². The Morgan fingerprint density at radius 1 is 1.10 bits per heavy atom. The molecule has 5 heteroatoms. The van der Waals surface area contributed by atoms with Gasteiger partial charge in [0.1, 0.15) is 0 Å². The van der Waals surface area contributed by atoms with Gasteiger partial charge in [-0.1, -0.05) is 42.5 Å². The smallest absolute Gasteiger partial charge is 0.267 e. The van der Waals surface area contributed by atoms with Crippen molar-refractivity contribution < 1.29 is 10.0 Å². The van der Waals surface area contributed by atoms with Crippen LogP contribution in [0.4, 0.5) is 5.69 Å². The molecule has 0 atom stereocenters. The number of hydrogen-bond acceptors (Lipinski definition) is 4. The Morgan fingerprint density at radius 2 is 1.81 bits per heavy atom. The van der Waals surface area contributed by atoms with E-state index in [4.69, 9.17) is 5.21 Å². The standard InChI is InChI=1S/C16H16N2O2S/c19-16(17-20)11-8-13-6-9-15(10-7-13)18-21-12-14-4-2-1-3-5-14/h1-11,18,20H,12H2,(H,17,19)/b11-8+. The summed E-state index contributed by atoms with van der Waals surface area (Å²) in [6.45, 7) is 0. The summed E-state index contributed by atoms with van der Waals surface area (Å²) in [5, 5.41) is 8.38. The molecule has 0 aromatic heterocycles. The molecule has 2 aromatic rings. The summed E-state index contributed by atoms with van der Waals surface area (Å²) < 4.78 is 3.27. The van der Waals surface area contributed by atoms with Crippen molar-refractivity contribution in [2.24, 2.45) is 0 Å². The van der Waals surface area contributed by atoms with E-state index in [2.05, 4.69) is 16.9 Å². The molecule has 0 bridgehead atoms. The van der Waals surface area contributed by atoms with Gasteiger partial charge in [0.25, 0.3) is 5.91 Å². The summed E-state index contributed by atoms with van der Waals surface area (Å²) in [5.41, 5.74) is 4.70. The fourth-order valence-corrected chi connectivity index (χ4v) is 2.38. The third-order valence-corrected chi connectivity index (χ3v) is 3.58. The molecule has 4 nitrogen and oxygen atoms in total. The third kappa shape index (κ3) is 5.33. The van der Waals surface area contributed by atoms with Crippen molar-refractivity contribution in [3.05, 3.63) is 71.8 Å². The number of nitrogens with one attached hydrogen (secondary N) is 2. The molecule has 2 rings (SSSR count). The van der Waals surface area contributed by atoms with E-state index >= 15 is 0 Å². The van der Waals surface area contributed by atoms with Crippen molar-refractivity contribution in [1.82, 2.24) is 5.48 Å². The lowest BCUT2D eigenvalue weighted by Gasteiger charge is -2.05. The molecule has 0 aliphatic carbocycles. The van der Waals surface area contributed by atoms with Crippen molar-refractivity contribution in [3.8, 4) is 0 Å². The van der Waals surface area contributed by atoms with Gasteiger partial charge in [0.15, 0.2) is 0 Å². The molecule has 0 saturated carbocycles. The Hall–Kier alpha value is -2.24. The summed E-state index contributed by atoms with van der Waals surface area (Å²) >= 11 is 1.62. The average Bonchev–Trinajstić information content (AvgIpc) is 2.55. The predicted molar refractivity (Wildman–Crippen MR) is 86.8 cm³/mol. The van der Waals surface area contributed by atoms with Gasteiger partial charge in [-0.15, -0.1) is 0 Å². The van der Waals surface area contributed by atoms with E-state index < -0.39 is 5.91 Å². The molecule has 108 valence electrons. The fourth-order valence-electron chi connectivity index (χ4n) is 1.65. The van der Waals surface area contributed by atoms with Crippen LogP contribution in [0.2, 0.25) is 0 Å². The van der Waals surface area contributed by atoms with Crippen LogP contribution in [0.25, 0.3) is 6.08 Å². The number of carbonyl (C=O) groups excluding carboxylic acids is 1. The Kier molecular flexibility index (Phi) is 5.87. The summed E-state index contributed by atoms with van der Waals surface area (Å²) in [6, 6.07) is 17.9. The first-order valence-electron chi connectivity index (χ1n) is 6.42. The highest BCUT2D eigenvalue weighted by Gasteiger charge is 1.95. The lowest BCUT2D eigenvalue weighted by molar-refractivity contribution is -0.124. The van der Waals surface area contributed by atoms with Crippen LogP contribution in [0.3, 0.4) is 0 Å². The molecule has 0 aliphatic heterocycles. The lowest BCUT2D eigenvalue weighted by Crippen LogP contribution is -2.14. The van der Waals surface area contributed by atoms with Gasteiger partial charge in [-0.3, -0.25) is 10.0 Å². The minimum absolute atomic E-state index is 0.546. The van der Waals surface area contributed by atoms with E-state index in [1.807, 2.05) is 42.5 Å². The highest BCUT2D eigenvalue weighted by molar-refractivity contribution is 7.99. The van der Waals surface area contributed by atoms with Crippen LogP contribution in [-0.4, -0.2) is 11.1 Å². The Balaban J connectivity index is 1.82. The second kappa shape index (κ2) is 8.14. The lowest BCUT2D eigenvalue weighted by atomic mass is 10.2. The number of amides is 1. The highest BCUT2D eigenvalue weighted by atomic mass is 32.2. The summed E-state index contributed by atoms with van der Waals surface area (Å²) in [7, 11) is 0. The minimum Gasteiger partial charge on any atom is -0.329 e. The van der Waals surface area contributed by atoms with Crippen molar-refractivity contribution in [2.45, 2.75) is 5.75 Å². The quantitative estimate of drug-likeness (QED) is 0.331. The molecule has 2 aromatic carbocycles. The van der Waals surface area contributed by atoms with Crippen LogP contribution in [0.1, 0.15) is 11.1 Å². The Morgan fingerprint density at radius 3 is 2.48 bits per heavy atom. The van der Waals surface area contributed by atoms with Crippen molar-refractivity contribution in [2.75, 3.05) is 4.72 Å². The number of carbonyl (C=O) groups is 1. The van der Waals surface area contributed by atoms with E-state index in [-0.39, 0.29) is 0 Å². The van der Waals surface area contributed by atoms with Crippen molar-refractivity contribution in [1.29, 1.82) is 0 Å². The molecule has 0 radical (unpaired) electrons. The van der Waals surface area contributed by atoms with Gasteiger partial charge in [0, 0.05) is 17.5 Å². The van der Waals surface area contributed by atoms with E-state index in [1.165, 1.54) is 11.6 Å². The zero-order valence-corrected chi connectivity index (χ0v) is 12.1.